The fourth-order valence-corrected chi connectivity index (χ4v) is 4.26. The fraction of sp³-hybridized carbons (Fsp3) is 0.278. The highest BCUT2D eigenvalue weighted by molar-refractivity contribution is 7.29. The molecule has 136 valence electrons. The molecule has 6 nitrogen and oxygen atoms in total. The second-order valence-electron chi connectivity index (χ2n) is 6.09. The number of carbonyl (C=O) groups is 2. The van der Waals surface area contributed by atoms with Gasteiger partial charge in [-0.2, -0.15) is 0 Å². The average Bonchev–Trinajstić information content (AvgIpc) is 3.15. The van der Waals surface area contributed by atoms with E-state index in [2.05, 4.69) is 10.3 Å². The second kappa shape index (κ2) is 7.43. The van der Waals surface area contributed by atoms with Crippen LogP contribution in [0.5, 0.6) is 0 Å². The summed E-state index contributed by atoms with van der Waals surface area (Å²) >= 11 is 2.78. The van der Waals surface area contributed by atoms with Gasteiger partial charge in [0.25, 0.3) is 5.91 Å². The Kier molecular flexibility index (Phi) is 5.24. The van der Waals surface area contributed by atoms with Gasteiger partial charge in [0.05, 0.1) is 4.70 Å². The van der Waals surface area contributed by atoms with Gasteiger partial charge in [-0.25, -0.2) is 9.78 Å². The standard InChI is InChI=1S/C18H19N3O3S2/c1-10-5-6-12(7-11(10)2)19-15(22)9-24-17(23)14-8-13-16(25-14)20-18(26-13)21(3)4/h5-8H,9H2,1-4H3,(H,19,22). The van der Waals surface area contributed by atoms with Crippen molar-refractivity contribution in [1.82, 2.24) is 4.98 Å². The van der Waals surface area contributed by atoms with Gasteiger partial charge < -0.3 is 15.0 Å². The molecular weight excluding hydrogens is 370 g/mol. The van der Waals surface area contributed by atoms with Gasteiger partial charge in [-0.1, -0.05) is 17.4 Å². The molecule has 2 aromatic heterocycles. The van der Waals surface area contributed by atoms with Crippen LogP contribution in [0.4, 0.5) is 10.8 Å². The molecule has 2 heterocycles. The normalized spacial score (nSPS) is 10.8. The number of hydrogen-bond acceptors (Lipinski definition) is 7. The Morgan fingerprint density at radius 2 is 1.92 bits per heavy atom. The first kappa shape index (κ1) is 18.3. The molecule has 0 bridgehead atoms. The smallest absolute Gasteiger partial charge is 0.348 e. The topological polar surface area (TPSA) is 71.5 Å². The van der Waals surface area contributed by atoms with Gasteiger partial charge in [0.15, 0.2) is 11.7 Å². The number of rotatable bonds is 5. The molecule has 0 fully saturated rings. The number of hydrogen-bond donors (Lipinski definition) is 1. The third-order valence-corrected chi connectivity index (χ3v) is 6.10. The molecule has 0 aliphatic rings. The molecular formula is C18H19N3O3S2. The number of thiazole rings is 1. The predicted octanol–water partition coefficient (Wildman–Crippen LogP) is 3.84. The Hall–Kier alpha value is -2.45. The number of nitrogens with zero attached hydrogens (tertiary/aromatic N) is 2. The number of aromatic nitrogens is 1. The SMILES string of the molecule is Cc1ccc(NC(=O)COC(=O)c2cc3sc(N(C)C)nc3s2)cc1C. The number of ether oxygens (including phenoxy) is 1. The average molecular weight is 390 g/mol. The van der Waals surface area contributed by atoms with E-state index in [0.29, 0.717) is 10.6 Å². The van der Waals surface area contributed by atoms with Crippen molar-refractivity contribution in [2.45, 2.75) is 13.8 Å². The Morgan fingerprint density at radius 3 is 2.58 bits per heavy atom. The molecule has 0 spiro atoms. The largest absolute Gasteiger partial charge is 0.451 e. The van der Waals surface area contributed by atoms with Gasteiger partial charge in [0.2, 0.25) is 0 Å². The van der Waals surface area contributed by atoms with Crippen molar-refractivity contribution in [2.24, 2.45) is 0 Å². The summed E-state index contributed by atoms with van der Waals surface area (Å²) < 4.78 is 6.05. The summed E-state index contributed by atoms with van der Waals surface area (Å²) in [6.07, 6.45) is 0. The van der Waals surface area contributed by atoms with Gasteiger partial charge in [0, 0.05) is 19.8 Å². The third-order valence-electron chi connectivity index (χ3n) is 3.79. The highest BCUT2D eigenvalue weighted by Gasteiger charge is 2.17. The first-order chi connectivity index (χ1) is 12.3. The van der Waals surface area contributed by atoms with E-state index < -0.39 is 5.97 Å². The van der Waals surface area contributed by atoms with Gasteiger partial charge in [-0.05, 0) is 43.2 Å². The van der Waals surface area contributed by atoms with Crippen LogP contribution in [-0.4, -0.2) is 37.6 Å². The summed E-state index contributed by atoms with van der Waals surface area (Å²) in [5, 5.41) is 3.62. The van der Waals surface area contributed by atoms with Gasteiger partial charge >= 0.3 is 5.97 Å². The van der Waals surface area contributed by atoms with Crippen LogP contribution in [0.1, 0.15) is 20.8 Å². The number of thiophene rings is 1. The van der Waals surface area contributed by atoms with Crippen LogP contribution in [-0.2, 0) is 9.53 Å². The van der Waals surface area contributed by atoms with Crippen LogP contribution in [0, 0.1) is 13.8 Å². The first-order valence-corrected chi connectivity index (χ1v) is 9.58. The van der Waals surface area contributed by atoms with Crippen LogP contribution in [0.25, 0.3) is 9.53 Å². The molecule has 26 heavy (non-hydrogen) atoms. The minimum absolute atomic E-state index is 0.326. The van der Waals surface area contributed by atoms with Crippen molar-refractivity contribution < 1.29 is 14.3 Å². The van der Waals surface area contributed by atoms with E-state index in [1.807, 2.05) is 51.0 Å². The summed E-state index contributed by atoms with van der Waals surface area (Å²) in [5.41, 5.74) is 2.92. The molecule has 0 unspecified atom stereocenters. The highest BCUT2D eigenvalue weighted by atomic mass is 32.1. The number of fused-ring (bicyclic) bond motifs is 1. The Labute approximate surface area is 159 Å². The maximum Gasteiger partial charge on any atom is 0.348 e. The number of esters is 1. The molecule has 0 aliphatic carbocycles. The van der Waals surface area contributed by atoms with Gasteiger partial charge in [-0.15, -0.1) is 11.3 Å². The van der Waals surface area contributed by atoms with E-state index in [4.69, 9.17) is 4.74 Å². The van der Waals surface area contributed by atoms with Crippen molar-refractivity contribution in [1.29, 1.82) is 0 Å². The minimum Gasteiger partial charge on any atom is -0.451 e. The molecule has 0 atom stereocenters. The fourth-order valence-electron chi connectivity index (χ4n) is 2.23. The van der Waals surface area contributed by atoms with Crippen LogP contribution in [0.3, 0.4) is 0 Å². The van der Waals surface area contributed by atoms with Crippen molar-refractivity contribution in [3.63, 3.8) is 0 Å². The molecule has 8 heteroatoms. The van der Waals surface area contributed by atoms with Crippen LogP contribution >= 0.6 is 22.7 Å². The number of amides is 1. The molecule has 1 amide bonds. The number of benzene rings is 1. The van der Waals surface area contributed by atoms with Crippen molar-refractivity contribution in [2.75, 3.05) is 30.9 Å². The zero-order chi connectivity index (χ0) is 18.8. The van der Waals surface area contributed by atoms with Crippen LogP contribution < -0.4 is 10.2 Å². The maximum atomic E-state index is 12.2. The van der Waals surface area contributed by atoms with E-state index >= 15 is 0 Å². The second-order valence-corrected chi connectivity index (χ2v) is 8.13. The lowest BCUT2D eigenvalue weighted by Gasteiger charge is -2.08. The van der Waals surface area contributed by atoms with E-state index in [1.165, 1.54) is 22.7 Å². The van der Waals surface area contributed by atoms with Crippen molar-refractivity contribution in [3.05, 3.63) is 40.3 Å². The Morgan fingerprint density at radius 1 is 1.15 bits per heavy atom. The first-order valence-electron chi connectivity index (χ1n) is 7.95. The number of carbonyl (C=O) groups excluding carboxylic acids is 2. The van der Waals surface area contributed by atoms with E-state index in [1.54, 1.807) is 6.07 Å². The van der Waals surface area contributed by atoms with Crippen molar-refractivity contribution >= 4 is 54.9 Å². The lowest BCUT2D eigenvalue weighted by atomic mass is 10.1. The zero-order valence-electron chi connectivity index (χ0n) is 15.0. The van der Waals surface area contributed by atoms with E-state index in [-0.39, 0.29) is 12.5 Å². The number of anilines is 2. The highest BCUT2D eigenvalue weighted by Crippen LogP contribution is 2.34. The maximum absolute atomic E-state index is 12.2. The Balaban J connectivity index is 1.58. The summed E-state index contributed by atoms with van der Waals surface area (Å²) in [7, 11) is 3.84. The molecule has 3 rings (SSSR count). The lowest BCUT2D eigenvalue weighted by molar-refractivity contribution is -0.119. The molecule has 0 saturated heterocycles. The molecule has 0 aliphatic heterocycles. The summed E-state index contributed by atoms with van der Waals surface area (Å²) in [6, 6.07) is 7.40. The minimum atomic E-state index is -0.512. The molecule has 1 N–H and O–H groups in total. The molecule has 3 aromatic rings. The zero-order valence-corrected chi connectivity index (χ0v) is 16.6. The van der Waals surface area contributed by atoms with Gasteiger partial charge in [-0.3, -0.25) is 4.79 Å². The van der Waals surface area contributed by atoms with Crippen molar-refractivity contribution in [3.8, 4) is 0 Å². The lowest BCUT2D eigenvalue weighted by Crippen LogP contribution is -2.20. The summed E-state index contributed by atoms with van der Waals surface area (Å²) in [6.45, 7) is 3.65. The molecule has 0 radical (unpaired) electrons. The molecule has 0 saturated carbocycles. The van der Waals surface area contributed by atoms with E-state index in [9.17, 15) is 9.59 Å². The van der Waals surface area contributed by atoms with E-state index in [0.717, 1.165) is 25.8 Å². The Bertz CT molecular complexity index is 944. The third kappa shape index (κ3) is 4.03. The molecule has 1 aromatic carbocycles. The number of nitrogens with one attached hydrogen (secondary N) is 1. The summed E-state index contributed by atoms with van der Waals surface area (Å²) in [4.78, 5) is 31.8. The quantitative estimate of drug-likeness (QED) is 0.672. The predicted molar refractivity (Wildman–Crippen MR) is 107 cm³/mol. The van der Waals surface area contributed by atoms with Crippen LogP contribution in [0.2, 0.25) is 0 Å². The van der Waals surface area contributed by atoms with Gasteiger partial charge in [0.1, 0.15) is 9.71 Å². The van der Waals surface area contributed by atoms with Crippen LogP contribution in [0.15, 0.2) is 24.3 Å². The summed E-state index contributed by atoms with van der Waals surface area (Å²) in [5.74, 6) is -0.880. The number of aryl methyl sites for hydroxylation is 2. The monoisotopic (exact) mass is 389 g/mol.